The van der Waals surface area contributed by atoms with Gasteiger partial charge >= 0.3 is 5.97 Å². The number of thiazole rings is 1. The lowest BCUT2D eigenvalue weighted by Crippen LogP contribution is -2.40. The second-order valence-corrected chi connectivity index (χ2v) is 9.69. The van der Waals surface area contributed by atoms with E-state index in [0.29, 0.717) is 38.7 Å². The number of esters is 1. The van der Waals surface area contributed by atoms with Gasteiger partial charge in [-0.3, -0.25) is 9.36 Å². The van der Waals surface area contributed by atoms with Crippen LogP contribution in [0.15, 0.2) is 61.9 Å². The molecule has 1 aromatic carbocycles. The Morgan fingerprint density at radius 1 is 1.21 bits per heavy atom. The van der Waals surface area contributed by atoms with Gasteiger partial charge in [-0.25, -0.2) is 9.79 Å². The molecule has 1 aliphatic rings. The van der Waals surface area contributed by atoms with Gasteiger partial charge in [-0.15, -0.1) is 0 Å². The first-order valence-corrected chi connectivity index (χ1v) is 12.5. The third-order valence-electron chi connectivity index (χ3n) is 5.85. The molecule has 1 atom stereocenters. The van der Waals surface area contributed by atoms with E-state index in [1.54, 1.807) is 17.6 Å². The predicted molar refractivity (Wildman–Crippen MR) is 134 cm³/mol. The Kier molecular flexibility index (Phi) is 7.03. The molecular weight excluding hydrogens is 448 g/mol. The van der Waals surface area contributed by atoms with E-state index in [-0.39, 0.29) is 12.2 Å². The van der Waals surface area contributed by atoms with Gasteiger partial charge < -0.3 is 9.15 Å². The van der Waals surface area contributed by atoms with Gasteiger partial charge in [0.25, 0.3) is 5.56 Å². The van der Waals surface area contributed by atoms with E-state index in [2.05, 4.69) is 26.0 Å². The van der Waals surface area contributed by atoms with E-state index >= 15 is 0 Å². The van der Waals surface area contributed by atoms with Crippen molar-refractivity contribution in [3.63, 3.8) is 0 Å². The third kappa shape index (κ3) is 4.57. The SMILES string of the molecule is CCCC1=C(C(=O)OCC)C(c2ccc(C(C)C)cc2)n2c(s/c(=C\c3ccc(C)o3)c2=O)=N1. The molecule has 0 amide bonds. The molecule has 3 heterocycles. The number of fused-ring (bicyclic) bond motifs is 1. The standard InChI is InChI=1S/C27H30N2O4S/c1-6-8-21-23(26(31)32-7-2)24(19-12-10-18(11-13-19)16(3)4)29-25(30)22(34-27(29)28-21)15-20-14-9-17(5)33-20/h9-16,24H,6-8H2,1-5H3/b22-15-. The van der Waals surface area contributed by atoms with Crippen LogP contribution in [0.25, 0.3) is 6.08 Å². The van der Waals surface area contributed by atoms with E-state index in [4.69, 9.17) is 14.1 Å². The molecular formula is C27H30N2O4S. The number of carbonyl (C=O) groups is 1. The van der Waals surface area contributed by atoms with Crippen LogP contribution < -0.4 is 14.9 Å². The van der Waals surface area contributed by atoms with E-state index in [9.17, 15) is 9.59 Å². The Hall–Kier alpha value is -3.19. The summed E-state index contributed by atoms with van der Waals surface area (Å²) in [7, 11) is 0. The molecule has 1 unspecified atom stereocenters. The number of aromatic nitrogens is 1. The average molecular weight is 479 g/mol. The van der Waals surface area contributed by atoms with Gasteiger partial charge in [0, 0.05) is 6.08 Å². The molecule has 0 saturated heterocycles. The fraction of sp³-hybridized carbons (Fsp3) is 0.370. The molecule has 178 valence electrons. The molecule has 7 heteroatoms. The van der Waals surface area contributed by atoms with Gasteiger partial charge in [0.05, 0.1) is 28.5 Å². The Bertz CT molecular complexity index is 1400. The first-order chi connectivity index (χ1) is 16.3. The number of nitrogens with zero attached hydrogens (tertiary/aromatic N) is 2. The summed E-state index contributed by atoms with van der Waals surface area (Å²) in [6.45, 7) is 10.2. The summed E-state index contributed by atoms with van der Waals surface area (Å²) in [4.78, 5) is 32.2. The lowest BCUT2D eigenvalue weighted by atomic mass is 9.92. The number of aryl methyl sites for hydroxylation is 1. The number of hydrogen-bond acceptors (Lipinski definition) is 6. The van der Waals surface area contributed by atoms with Crippen LogP contribution in [0.1, 0.15) is 75.1 Å². The van der Waals surface area contributed by atoms with Crippen LogP contribution in [0.4, 0.5) is 0 Å². The highest BCUT2D eigenvalue weighted by Gasteiger charge is 2.34. The summed E-state index contributed by atoms with van der Waals surface area (Å²) in [5, 5.41) is 0. The Morgan fingerprint density at radius 2 is 1.94 bits per heavy atom. The zero-order chi connectivity index (χ0) is 24.4. The molecule has 4 rings (SSSR count). The van der Waals surface area contributed by atoms with Gasteiger partial charge in [-0.2, -0.15) is 0 Å². The molecule has 0 bridgehead atoms. The Balaban J connectivity index is 1.97. The average Bonchev–Trinajstić information content (AvgIpc) is 3.35. The normalized spacial score (nSPS) is 16.1. The summed E-state index contributed by atoms with van der Waals surface area (Å²) in [5.74, 6) is 1.34. The maximum Gasteiger partial charge on any atom is 0.338 e. The quantitative estimate of drug-likeness (QED) is 0.465. The highest BCUT2D eigenvalue weighted by atomic mass is 32.1. The minimum atomic E-state index is -0.599. The zero-order valence-electron chi connectivity index (χ0n) is 20.3. The fourth-order valence-electron chi connectivity index (χ4n) is 4.16. The van der Waals surface area contributed by atoms with Crippen molar-refractivity contribution in [2.45, 2.75) is 59.4 Å². The van der Waals surface area contributed by atoms with Gasteiger partial charge in [0.1, 0.15) is 11.5 Å². The second-order valence-electron chi connectivity index (χ2n) is 8.68. The van der Waals surface area contributed by atoms with Gasteiger partial charge in [-0.1, -0.05) is 62.8 Å². The highest BCUT2D eigenvalue weighted by molar-refractivity contribution is 7.07. The van der Waals surface area contributed by atoms with Gasteiger partial charge in [-0.05, 0) is 49.4 Å². The monoisotopic (exact) mass is 478 g/mol. The van der Waals surface area contributed by atoms with Crippen molar-refractivity contribution in [1.82, 2.24) is 4.57 Å². The first kappa shape index (κ1) is 24.0. The molecule has 2 aromatic heterocycles. The minimum Gasteiger partial charge on any atom is -0.463 e. The number of furan rings is 1. The third-order valence-corrected chi connectivity index (χ3v) is 6.83. The van der Waals surface area contributed by atoms with Crippen LogP contribution in [0.3, 0.4) is 0 Å². The maximum absolute atomic E-state index is 13.6. The van der Waals surface area contributed by atoms with E-state index < -0.39 is 12.0 Å². The molecule has 34 heavy (non-hydrogen) atoms. The molecule has 0 fully saturated rings. The summed E-state index contributed by atoms with van der Waals surface area (Å²) in [6.07, 6.45) is 3.18. The predicted octanol–water partition coefficient (Wildman–Crippen LogP) is 4.60. The summed E-state index contributed by atoms with van der Waals surface area (Å²) in [6, 6.07) is 11.2. The van der Waals surface area contributed by atoms with Crippen LogP contribution in [0.5, 0.6) is 0 Å². The van der Waals surface area contributed by atoms with Crippen molar-refractivity contribution in [2.75, 3.05) is 6.61 Å². The van der Waals surface area contributed by atoms with Crippen molar-refractivity contribution in [2.24, 2.45) is 4.99 Å². The van der Waals surface area contributed by atoms with Crippen molar-refractivity contribution in [1.29, 1.82) is 0 Å². The Morgan fingerprint density at radius 3 is 2.53 bits per heavy atom. The molecule has 6 nitrogen and oxygen atoms in total. The number of rotatable bonds is 7. The molecule has 0 saturated carbocycles. The number of benzene rings is 1. The first-order valence-electron chi connectivity index (χ1n) is 11.7. The van der Waals surface area contributed by atoms with Crippen LogP contribution in [0.2, 0.25) is 0 Å². The van der Waals surface area contributed by atoms with Crippen molar-refractivity contribution in [3.05, 3.63) is 90.0 Å². The summed E-state index contributed by atoms with van der Waals surface area (Å²) in [5.41, 5.74) is 2.97. The number of carbonyl (C=O) groups excluding carboxylic acids is 1. The Labute approximate surface area is 202 Å². The zero-order valence-corrected chi connectivity index (χ0v) is 21.1. The number of ether oxygens (including phenoxy) is 1. The molecule has 0 aliphatic carbocycles. The molecule has 0 N–H and O–H groups in total. The molecule has 1 aliphatic heterocycles. The largest absolute Gasteiger partial charge is 0.463 e. The lowest BCUT2D eigenvalue weighted by molar-refractivity contribution is -0.139. The van der Waals surface area contributed by atoms with E-state index in [0.717, 1.165) is 17.7 Å². The lowest BCUT2D eigenvalue weighted by Gasteiger charge is -2.26. The van der Waals surface area contributed by atoms with Gasteiger partial charge in [0.2, 0.25) is 0 Å². The molecule has 0 radical (unpaired) electrons. The second kappa shape index (κ2) is 9.97. The topological polar surface area (TPSA) is 73.8 Å². The van der Waals surface area contributed by atoms with Crippen LogP contribution >= 0.6 is 11.3 Å². The van der Waals surface area contributed by atoms with Crippen LogP contribution in [-0.4, -0.2) is 17.1 Å². The van der Waals surface area contributed by atoms with Crippen LogP contribution in [-0.2, 0) is 9.53 Å². The molecule has 3 aromatic rings. The number of allylic oxidation sites excluding steroid dienone is 1. The van der Waals surface area contributed by atoms with Gasteiger partial charge in [0.15, 0.2) is 4.80 Å². The van der Waals surface area contributed by atoms with Crippen LogP contribution in [0, 0.1) is 6.92 Å². The maximum atomic E-state index is 13.6. The van der Waals surface area contributed by atoms with Crippen molar-refractivity contribution < 1.29 is 13.9 Å². The molecule has 0 spiro atoms. The highest BCUT2D eigenvalue weighted by Crippen LogP contribution is 2.33. The summed E-state index contributed by atoms with van der Waals surface area (Å²) < 4.78 is 13.2. The number of hydrogen-bond donors (Lipinski definition) is 0. The fourth-order valence-corrected chi connectivity index (χ4v) is 5.16. The van der Waals surface area contributed by atoms with Crippen molar-refractivity contribution in [3.8, 4) is 0 Å². The minimum absolute atomic E-state index is 0.201. The smallest absolute Gasteiger partial charge is 0.338 e. The van der Waals surface area contributed by atoms with E-state index in [1.165, 1.54) is 16.9 Å². The summed E-state index contributed by atoms with van der Waals surface area (Å²) >= 11 is 1.31. The van der Waals surface area contributed by atoms with Crippen molar-refractivity contribution >= 4 is 23.4 Å². The van der Waals surface area contributed by atoms with E-state index in [1.807, 2.05) is 38.1 Å².